The Hall–Kier alpha value is -3.97. The largest absolute Gasteiger partial charge is 0.507 e. The number of likely N-dealkylation sites (tertiary alicyclic amines) is 1. The van der Waals surface area contributed by atoms with Crippen LogP contribution in [0.5, 0.6) is 5.75 Å². The minimum absolute atomic E-state index is 0.0816. The summed E-state index contributed by atoms with van der Waals surface area (Å²) in [6, 6.07) is 19.6. The molecule has 0 radical (unpaired) electrons. The first kappa shape index (κ1) is 24.2. The van der Waals surface area contributed by atoms with Crippen LogP contribution in [-0.4, -0.2) is 53.9 Å². The number of ether oxygens (including phenoxy) is 1. The smallest absolute Gasteiger partial charge is 0.295 e. The van der Waals surface area contributed by atoms with E-state index in [1.807, 2.05) is 50.5 Å². The molecule has 180 valence electrons. The SMILES string of the molecule is C[NH+](C)CCCN1C(=O)C(=O)/C(=C(\O)c2ccc(OCc3ccccc3)cc2)[C@@H]1c1cccnc1. The van der Waals surface area contributed by atoms with Gasteiger partial charge in [0.15, 0.2) is 0 Å². The van der Waals surface area contributed by atoms with Crippen LogP contribution < -0.4 is 9.64 Å². The Morgan fingerprint density at radius 1 is 1.03 bits per heavy atom. The number of hydrogen-bond donors (Lipinski definition) is 2. The molecular formula is C28H30N3O4+. The third kappa shape index (κ3) is 5.58. The number of rotatable bonds is 9. The van der Waals surface area contributed by atoms with Crippen LogP contribution in [0.1, 0.15) is 29.2 Å². The molecule has 2 N–H and O–H groups in total. The van der Waals surface area contributed by atoms with Crippen LogP contribution in [-0.2, 0) is 16.2 Å². The van der Waals surface area contributed by atoms with Crippen LogP contribution in [0.25, 0.3) is 5.76 Å². The molecule has 1 atom stereocenters. The predicted molar refractivity (Wildman–Crippen MR) is 133 cm³/mol. The lowest BCUT2D eigenvalue weighted by Crippen LogP contribution is -3.05. The van der Waals surface area contributed by atoms with Crippen molar-refractivity contribution in [2.24, 2.45) is 0 Å². The van der Waals surface area contributed by atoms with Gasteiger partial charge in [0.25, 0.3) is 11.7 Å². The predicted octanol–water partition coefficient (Wildman–Crippen LogP) is 2.62. The molecule has 1 amide bonds. The topological polar surface area (TPSA) is 84.2 Å². The zero-order valence-electron chi connectivity index (χ0n) is 20.0. The Bertz CT molecular complexity index is 1190. The molecular weight excluding hydrogens is 442 g/mol. The van der Waals surface area contributed by atoms with E-state index in [-0.39, 0.29) is 11.3 Å². The summed E-state index contributed by atoms with van der Waals surface area (Å²) in [5, 5.41) is 11.2. The summed E-state index contributed by atoms with van der Waals surface area (Å²) < 4.78 is 5.82. The maximum atomic E-state index is 13.1. The van der Waals surface area contributed by atoms with Gasteiger partial charge in [-0.05, 0) is 41.5 Å². The van der Waals surface area contributed by atoms with E-state index in [0.29, 0.717) is 30.0 Å². The number of hydrogen-bond acceptors (Lipinski definition) is 5. The van der Waals surface area contributed by atoms with Crippen molar-refractivity contribution in [3.8, 4) is 5.75 Å². The molecule has 0 aliphatic carbocycles. The zero-order valence-corrected chi connectivity index (χ0v) is 20.0. The van der Waals surface area contributed by atoms with Gasteiger partial charge in [-0.2, -0.15) is 0 Å². The van der Waals surface area contributed by atoms with Gasteiger partial charge >= 0.3 is 0 Å². The van der Waals surface area contributed by atoms with Crippen molar-refractivity contribution in [1.82, 2.24) is 9.88 Å². The van der Waals surface area contributed by atoms with Crippen molar-refractivity contribution in [3.05, 3.63) is 101 Å². The second kappa shape index (κ2) is 11.0. The molecule has 0 spiro atoms. The first-order valence-electron chi connectivity index (χ1n) is 11.7. The minimum atomic E-state index is -0.685. The molecule has 2 heterocycles. The fraction of sp³-hybridized carbons (Fsp3) is 0.250. The molecule has 1 fully saturated rings. The molecule has 1 saturated heterocycles. The molecule has 7 nitrogen and oxygen atoms in total. The highest BCUT2D eigenvalue weighted by atomic mass is 16.5. The Morgan fingerprint density at radius 3 is 2.43 bits per heavy atom. The van der Waals surface area contributed by atoms with Gasteiger partial charge in [0.2, 0.25) is 0 Å². The number of aliphatic hydroxyl groups excluding tert-OH is 1. The number of aromatic nitrogens is 1. The Balaban J connectivity index is 1.61. The number of amides is 1. The van der Waals surface area contributed by atoms with E-state index in [1.54, 1.807) is 47.6 Å². The van der Waals surface area contributed by atoms with E-state index in [9.17, 15) is 14.7 Å². The van der Waals surface area contributed by atoms with Crippen LogP contribution in [0, 0.1) is 0 Å². The van der Waals surface area contributed by atoms with Crippen LogP contribution in [0.3, 0.4) is 0 Å². The van der Waals surface area contributed by atoms with Crippen molar-refractivity contribution < 1.29 is 24.3 Å². The number of ketones is 1. The summed E-state index contributed by atoms with van der Waals surface area (Å²) >= 11 is 0. The monoisotopic (exact) mass is 472 g/mol. The van der Waals surface area contributed by atoms with Crippen molar-refractivity contribution in [1.29, 1.82) is 0 Å². The van der Waals surface area contributed by atoms with E-state index in [4.69, 9.17) is 4.74 Å². The van der Waals surface area contributed by atoms with Crippen LogP contribution in [0.2, 0.25) is 0 Å². The van der Waals surface area contributed by atoms with E-state index in [1.165, 1.54) is 4.90 Å². The highest BCUT2D eigenvalue weighted by Crippen LogP contribution is 2.39. The van der Waals surface area contributed by atoms with Gasteiger partial charge in [0.1, 0.15) is 18.1 Å². The fourth-order valence-electron chi connectivity index (χ4n) is 4.20. The van der Waals surface area contributed by atoms with E-state index in [2.05, 4.69) is 4.98 Å². The van der Waals surface area contributed by atoms with E-state index in [0.717, 1.165) is 18.5 Å². The Labute approximate surface area is 205 Å². The van der Waals surface area contributed by atoms with Crippen molar-refractivity contribution in [3.63, 3.8) is 0 Å². The molecule has 0 saturated carbocycles. The maximum Gasteiger partial charge on any atom is 0.295 e. The number of aliphatic hydroxyl groups is 1. The van der Waals surface area contributed by atoms with Crippen LogP contribution >= 0.6 is 0 Å². The summed E-state index contributed by atoms with van der Waals surface area (Å²) in [7, 11) is 4.08. The normalized spacial score (nSPS) is 17.2. The summed E-state index contributed by atoms with van der Waals surface area (Å²) in [5.74, 6) is -0.844. The van der Waals surface area contributed by atoms with Gasteiger partial charge < -0.3 is 19.6 Å². The van der Waals surface area contributed by atoms with Gasteiger partial charge in [-0.15, -0.1) is 0 Å². The number of Topliss-reactive ketones (excluding diaryl/α,β-unsaturated/α-hetero) is 1. The summed E-state index contributed by atoms with van der Waals surface area (Å²) in [5.41, 5.74) is 2.26. The summed E-state index contributed by atoms with van der Waals surface area (Å²) in [6.07, 6.45) is 4.01. The highest BCUT2D eigenvalue weighted by Gasteiger charge is 2.45. The average molecular weight is 473 g/mol. The van der Waals surface area contributed by atoms with Crippen molar-refractivity contribution >= 4 is 17.4 Å². The molecule has 0 unspecified atom stereocenters. The lowest BCUT2D eigenvalue weighted by molar-refractivity contribution is -0.858. The molecule has 4 rings (SSSR count). The molecule has 1 aromatic heterocycles. The second-order valence-electron chi connectivity index (χ2n) is 8.89. The number of nitrogens with one attached hydrogen (secondary N) is 1. The fourth-order valence-corrected chi connectivity index (χ4v) is 4.20. The number of carbonyl (C=O) groups is 2. The molecule has 3 aromatic rings. The first-order valence-corrected chi connectivity index (χ1v) is 11.7. The molecule has 2 aromatic carbocycles. The lowest BCUT2D eigenvalue weighted by Gasteiger charge is -2.25. The molecule has 35 heavy (non-hydrogen) atoms. The number of quaternary nitrogens is 1. The average Bonchev–Trinajstić information content (AvgIpc) is 3.13. The van der Waals surface area contributed by atoms with Gasteiger partial charge in [0.05, 0.1) is 32.3 Å². The second-order valence-corrected chi connectivity index (χ2v) is 8.89. The molecule has 7 heteroatoms. The number of carbonyl (C=O) groups excluding carboxylic acids is 2. The minimum Gasteiger partial charge on any atom is -0.507 e. The van der Waals surface area contributed by atoms with E-state index < -0.39 is 17.7 Å². The highest BCUT2D eigenvalue weighted by molar-refractivity contribution is 6.46. The third-order valence-electron chi connectivity index (χ3n) is 5.99. The summed E-state index contributed by atoms with van der Waals surface area (Å²) in [4.78, 5) is 33.0. The first-order chi connectivity index (χ1) is 17.0. The number of nitrogens with zero attached hydrogens (tertiary/aromatic N) is 2. The van der Waals surface area contributed by atoms with Crippen molar-refractivity contribution in [2.75, 3.05) is 27.2 Å². The summed E-state index contributed by atoms with van der Waals surface area (Å²) in [6.45, 7) is 1.69. The zero-order chi connectivity index (χ0) is 24.8. The van der Waals surface area contributed by atoms with Crippen molar-refractivity contribution in [2.45, 2.75) is 19.1 Å². The molecule has 1 aliphatic rings. The Kier molecular flexibility index (Phi) is 7.57. The number of benzene rings is 2. The van der Waals surface area contributed by atoms with Gasteiger partial charge in [-0.1, -0.05) is 36.4 Å². The van der Waals surface area contributed by atoms with Gasteiger partial charge in [-0.25, -0.2) is 0 Å². The van der Waals surface area contributed by atoms with Crippen LogP contribution in [0.4, 0.5) is 0 Å². The Morgan fingerprint density at radius 2 is 1.77 bits per heavy atom. The van der Waals surface area contributed by atoms with Gasteiger partial charge in [-0.3, -0.25) is 14.6 Å². The van der Waals surface area contributed by atoms with E-state index >= 15 is 0 Å². The maximum absolute atomic E-state index is 13.1. The quantitative estimate of drug-likeness (QED) is 0.284. The lowest BCUT2D eigenvalue weighted by atomic mass is 9.96. The number of pyridine rings is 1. The van der Waals surface area contributed by atoms with Crippen LogP contribution in [0.15, 0.2) is 84.7 Å². The molecule has 0 bridgehead atoms. The standard InChI is InChI=1S/C28H29N3O4/c1-30(2)16-7-17-31-25(22-10-6-15-29-18-22)24(27(33)28(31)34)26(32)21-11-13-23(14-12-21)35-19-20-8-4-3-5-9-20/h3-6,8-15,18,25,32H,7,16-17,19H2,1-2H3/p+1/b26-24-/t25-/m0/s1. The third-order valence-corrected chi connectivity index (χ3v) is 5.99. The molecule has 1 aliphatic heterocycles. The van der Waals surface area contributed by atoms with Gasteiger partial charge in [0, 0.05) is 30.9 Å².